The number of benzene rings is 2. The van der Waals surface area contributed by atoms with Gasteiger partial charge in [0, 0.05) is 19.6 Å². The first kappa shape index (κ1) is 24.2. The van der Waals surface area contributed by atoms with E-state index in [0.29, 0.717) is 36.5 Å². The fraction of sp³-hybridized carbons (Fsp3) is 0.333. The van der Waals surface area contributed by atoms with Gasteiger partial charge >= 0.3 is 0 Å². The molecule has 0 aliphatic carbocycles. The highest BCUT2D eigenvalue weighted by Crippen LogP contribution is 2.27. The molecule has 1 atom stereocenters. The second-order valence-electron chi connectivity index (χ2n) is 7.95. The van der Waals surface area contributed by atoms with Gasteiger partial charge in [-0.3, -0.25) is 4.79 Å². The van der Waals surface area contributed by atoms with E-state index in [9.17, 15) is 13.2 Å². The van der Waals surface area contributed by atoms with Crippen molar-refractivity contribution in [2.75, 3.05) is 27.3 Å². The van der Waals surface area contributed by atoms with Gasteiger partial charge in [-0.05, 0) is 55.3 Å². The maximum atomic E-state index is 13.2. The van der Waals surface area contributed by atoms with Crippen molar-refractivity contribution >= 4 is 37.5 Å². The predicted molar refractivity (Wildman–Crippen MR) is 132 cm³/mol. The van der Waals surface area contributed by atoms with E-state index in [1.807, 2.05) is 22.8 Å². The first-order valence-corrected chi connectivity index (χ1v) is 13.1. The van der Waals surface area contributed by atoms with Gasteiger partial charge < -0.3 is 14.0 Å². The molecule has 2 heterocycles. The highest BCUT2D eigenvalue weighted by molar-refractivity contribution is 7.89. The van der Waals surface area contributed by atoms with Crippen LogP contribution < -0.4 is 14.3 Å². The summed E-state index contributed by atoms with van der Waals surface area (Å²) in [6.07, 6.45) is 2.94. The maximum Gasteiger partial charge on any atom is 0.252 e. The van der Waals surface area contributed by atoms with Crippen molar-refractivity contribution < 1.29 is 22.7 Å². The number of carbonyl (C=O) groups is 1. The predicted octanol–water partition coefficient (Wildman–Crippen LogP) is 3.43. The summed E-state index contributed by atoms with van der Waals surface area (Å²) in [5, 5.41) is 0. The minimum Gasteiger partial charge on any atom is -0.497 e. The number of hydrogen-bond donors (Lipinski definition) is 0. The largest absolute Gasteiger partial charge is 0.497 e. The number of piperidine rings is 1. The molecular weight excluding hydrogens is 474 g/mol. The van der Waals surface area contributed by atoms with Gasteiger partial charge in [-0.15, -0.1) is 6.58 Å². The molecule has 1 aliphatic heterocycles. The van der Waals surface area contributed by atoms with Gasteiger partial charge in [0.2, 0.25) is 10.0 Å². The summed E-state index contributed by atoms with van der Waals surface area (Å²) in [7, 11) is -0.582. The zero-order valence-electron chi connectivity index (χ0n) is 19.1. The van der Waals surface area contributed by atoms with Crippen molar-refractivity contribution in [3.05, 3.63) is 59.9 Å². The summed E-state index contributed by atoms with van der Waals surface area (Å²) >= 11 is 1.40. The van der Waals surface area contributed by atoms with E-state index in [-0.39, 0.29) is 17.3 Å². The first-order chi connectivity index (χ1) is 16.4. The number of methoxy groups -OCH3 is 2. The van der Waals surface area contributed by atoms with Crippen molar-refractivity contribution in [2.45, 2.75) is 24.3 Å². The van der Waals surface area contributed by atoms with Crippen molar-refractivity contribution in [2.24, 2.45) is 10.9 Å². The monoisotopic (exact) mass is 501 g/mol. The van der Waals surface area contributed by atoms with Gasteiger partial charge in [0.25, 0.3) is 5.91 Å². The van der Waals surface area contributed by atoms with E-state index in [0.717, 1.165) is 16.0 Å². The zero-order valence-corrected chi connectivity index (χ0v) is 20.8. The Morgan fingerprint density at radius 3 is 2.56 bits per heavy atom. The minimum absolute atomic E-state index is 0.108. The van der Waals surface area contributed by atoms with E-state index >= 15 is 0 Å². The van der Waals surface area contributed by atoms with E-state index in [2.05, 4.69) is 11.6 Å². The maximum absolute atomic E-state index is 13.2. The van der Waals surface area contributed by atoms with E-state index in [4.69, 9.17) is 9.47 Å². The fourth-order valence-corrected chi connectivity index (χ4v) is 6.61. The average Bonchev–Trinajstić information content (AvgIpc) is 3.20. The Morgan fingerprint density at radius 1 is 1.18 bits per heavy atom. The van der Waals surface area contributed by atoms with Gasteiger partial charge in [0.1, 0.15) is 11.5 Å². The van der Waals surface area contributed by atoms with E-state index in [1.54, 1.807) is 25.3 Å². The number of aromatic nitrogens is 1. The number of fused-ring (bicyclic) bond motifs is 1. The topological polar surface area (TPSA) is 90.2 Å². The lowest BCUT2D eigenvalue weighted by atomic mass is 9.99. The van der Waals surface area contributed by atoms with Crippen LogP contribution in [0.5, 0.6) is 11.5 Å². The second kappa shape index (κ2) is 10.1. The molecule has 1 aliphatic rings. The number of hydrogen-bond acceptors (Lipinski definition) is 6. The Balaban J connectivity index is 1.61. The number of thiazole rings is 1. The van der Waals surface area contributed by atoms with Gasteiger partial charge in [0.15, 0.2) is 4.80 Å². The lowest BCUT2D eigenvalue weighted by Gasteiger charge is -2.30. The summed E-state index contributed by atoms with van der Waals surface area (Å²) < 4.78 is 41.0. The molecule has 0 bridgehead atoms. The SMILES string of the molecule is C=CCn1c(=NC(=O)C2CCCN(S(=O)(=O)c3ccc(OC)cc3)C2)sc2cc(OC)ccc21. The highest BCUT2D eigenvalue weighted by atomic mass is 32.2. The number of sulfonamides is 1. The van der Waals surface area contributed by atoms with Crippen LogP contribution >= 0.6 is 11.3 Å². The zero-order chi connectivity index (χ0) is 24.3. The molecule has 0 radical (unpaired) electrons. The smallest absolute Gasteiger partial charge is 0.252 e. The van der Waals surface area contributed by atoms with Gasteiger partial charge in [-0.1, -0.05) is 17.4 Å². The molecule has 0 saturated carbocycles. The van der Waals surface area contributed by atoms with Crippen molar-refractivity contribution in [3.8, 4) is 11.5 Å². The van der Waals surface area contributed by atoms with Crippen LogP contribution in [0.3, 0.4) is 0 Å². The number of ether oxygens (including phenoxy) is 2. The molecule has 4 rings (SSSR count). The van der Waals surface area contributed by atoms with Crippen molar-refractivity contribution in [1.29, 1.82) is 0 Å². The van der Waals surface area contributed by atoms with Crippen LogP contribution in [0, 0.1) is 5.92 Å². The molecular formula is C24H27N3O5S2. The third-order valence-corrected chi connectivity index (χ3v) is 8.76. The Bertz CT molecular complexity index is 1370. The molecule has 180 valence electrons. The van der Waals surface area contributed by atoms with Crippen LogP contribution in [0.15, 0.2) is 65.0 Å². The number of carbonyl (C=O) groups excluding carboxylic acids is 1. The number of rotatable bonds is 7. The Labute approximate surface area is 202 Å². The lowest BCUT2D eigenvalue weighted by molar-refractivity contribution is -0.122. The number of amides is 1. The van der Waals surface area contributed by atoms with Crippen LogP contribution in [0.4, 0.5) is 0 Å². The molecule has 1 aromatic heterocycles. The van der Waals surface area contributed by atoms with Crippen LogP contribution in [-0.4, -0.2) is 50.5 Å². The van der Waals surface area contributed by atoms with E-state index in [1.165, 1.54) is 34.9 Å². The van der Waals surface area contributed by atoms with Gasteiger partial charge in [-0.25, -0.2) is 8.42 Å². The third kappa shape index (κ3) is 4.79. The molecule has 8 nitrogen and oxygen atoms in total. The van der Waals surface area contributed by atoms with Crippen molar-refractivity contribution in [3.63, 3.8) is 0 Å². The molecule has 0 spiro atoms. The summed E-state index contributed by atoms with van der Waals surface area (Å²) in [6, 6.07) is 12.0. The van der Waals surface area contributed by atoms with Crippen LogP contribution in [0.1, 0.15) is 12.8 Å². The molecule has 1 fully saturated rings. The average molecular weight is 502 g/mol. The number of allylic oxidation sites excluding steroid dienone is 1. The molecule has 0 N–H and O–H groups in total. The summed E-state index contributed by atoms with van der Waals surface area (Å²) in [5.41, 5.74) is 0.935. The standard InChI is InChI=1S/C24H27N3O5S2/c1-4-13-27-21-12-9-19(32-3)15-22(21)33-24(27)25-23(28)17-6-5-14-26(16-17)34(29,30)20-10-7-18(31-2)8-11-20/h4,7-12,15,17H,1,5-6,13-14,16H2,2-3H3. The second-order valence-corrected chi connectivity index (χ2v) is 10.9. The Morgan fingerprint density at radius 2 is 1.88 bits per heavy atom. The lowest BCUT2D eigenvalue weighted by Crippen LogP contribution is -2.42. The normalized spacial score (nSPS) is 17.6. The van der Waals surface area contributed by atoms with Gasteiger partial charge in [-0.2, -0.15) is 9.30 Å². The van der Waals surface area contributed by atoms with Gasteiger partial charge in [0.05, 0.1) is 35.2 Å². The van der Waals surface area contributed by atoms with Crippen LogP contribution in [0.2, 0.25) is 0 Å². The molecule has 3 aromatic rings. The molecule has 2 aromatic carbocycles. The first-order valence-electron chi connectivity index (χ1n) is 10.9. The quantitative estimate of drug-likeness (QED) is 0.463. The van der Waals surface area contributed by atoms with Crippen LogP contribution in [-0.2, 0) is 21.4 Å². The summed E-state index contributed by atoms with van der Waals surface area (Å²) in [4.78, 5) is 18.3. The van der Waals surface area contributed by atoms with E-state index < -0.39 is 15.9 Å². The molecule has 10 heteroatoms. The Hall–Kier alpha value is -2.95. The fourth-order valence-electron chi connectivity index (χ4n) is 4.02. The molecule has 1 saturated heterocycles. The highest BCUT2D eigenvalue weighted by Gasteiger charge is 2.33. The Kier molecular flexibility index (Phi) is 7.20. The summed E-state index contributed by atoms with van der Waals surface area (Å²) in [5.74, 6) is 0.493. The molecule has 1 amide bonds. The third-order valence-electron chi connectivity index (χ3n) is 5.84. The number of nitrogens with zero attached hydrogens (tertiary/aromatic N) is 3. The van der Waals surface area contributed by atoms with Crippen LogP contribution in [0.25, 0.3) is 10.2 Å². The summed E-state index contributed by atoms with van der Waals surface area (Å²) in [6.45, 7) is 4.80. The molecule has 1 unspecified atom stereocenters. The molecule has 34 heavy (non-hydrogen) atoms. The minimum atomic E-state index is -3.72. The van der Waals surface area contributed by atoms with Crippen molar-refractivity contribution in [1.82, 2.24) is 8.87 Å².